The second-order valence-corrected chi connectivity index (χ2v) is 7.74. The number of fused-ring (bicyclic) bond motifs is 1. The molecule has 2 atom stereocenters. The summed E-state index contributed by atoms with van der Waals surface area (Å²) in [6.07, 6.45) is 6.81. The highest BCUT2D eigenvalue weighted by atomic mass is 16.5. The number of hydrogen-bond acceptors (Lipinski definition) is 6. The molecule has 0 radical (unpaired) electrons. The second kappa shape index (κ2) is 7.02. The van der Waals surface area contributed by atoms with Gasteiger partial charge in [-0.05, 0) is 64.0 Å². The maximum absolute atomic E-state index is 12.3. The molecule has 138 valence electrons. The fraction of sp³-hybridized carbons (Fsp3) is 0.632. The second-order valence-electron chi connectivity index (χ2n) is 7.74. The van der Waals surface area contributed by atoms with Crippen molar-refractivity contribution in [1.29, 1.82) is 0 Å². The Balaban J connectivity index is 2.16. The van der Waals surface area contributed by atoms with Crippen molar-refractivity contribution in [3.05, 3.63) is 24.0 Å². The number of ether oxygens (including phenoxy) is 3. The molecule has 0 unspecified atom stereocenters. The van der Waals surface area contributed by atoms with Crippen LogP contribution in [0.25, 0.3) is 0 Å². The van der Waals surface area contributed by atoms with Gasteiger partial charge in [0.1, 0.15) is 5.76 Å². The monoisotopic (exact) mass is 350 g/mol. The first kappa shape index (κ1) is 19.2. The molecule has 2 aliphatic rings. The van der Waals surface area contributed by atoms with Gasteiger partial charge in [-0.25, -0.2) is 0 Å². The number of esters is 3. The minimum Gasteiger partial charge on any atom is -0.468 e. The van der Waals surface area contributed by atoms with E-state index in [4.69, 9.17) is 14.2 Å². The van der Waals surface area contributed by atoms with Crippen LogP contribution >= 0.6 is 0 Å². The van der Waals surface area contributed by atoms with Crippen molar-refractivity contribution in [1.82, 2.24) is 0 Å². The molecule has 0 bridgehead atoms. The fourth-order valence-electron chi connectivity index (χ4n) is 3.43. The minimum absolute atomic E-state index is 0.0142. The number of hydrogen-bond donors (Lipinski definition) is 0. The predicted octanol–water partition coefficient (Wildman–Crippen LogP) is 2.78. The van der Waals surface area contributed by atoms with Crippen molar-refractivity contribution < 1.29 is 28.6 Å². The van der Waals surface area contributed by atoms with E-state index in [9.17, 15) is 14.4 Å². The molecule has 2 rings (SSSR count). The molecule has 1 saturated carbocycles. The van der Waals surface area contributed by atoms with Crippen molar-refractivity contribution in [2.45, 2.75) is 40.0 Å². The highest BCUT2D eigenvalue weighted by Crippen LogP contribution is 2.50. The Labute approximate surface area is 148 Å². The van der Waals surface area contributed by atoms with Gasteiger partial charge in [0.2, 0.25) is 0 Å². The smallest absolute Gasteiger partial charge is 0.323 e. The Kier molecular flexibility index (Phi) is 5.40. The van der Waals surface area contributed by atoms with E-state index in [1.807, 2.05) is 12.2 Å². The largest absolute Gasteiger partial charge is 0.468 e. The van der Waals surface area contributed by atoms with Gasteiger partial charge in [0.25, 0.3) is 0 Å². The SMILES string of the molecule is COC(=O)C1(C(=O)OC)C[C@H]2CC=C(OC(=O)C(C)(C)C)C=C[C@H]2C1. The molecule has 1 fully saturated rings. The first-order chi connectivity index (χ1) is 11.6. The third kappa shape index (κ3) is 3.78. The number of carbonyl (C=O) groups excluding carboxylic acids is 3. The molecule has 0 aliphatic heterocycles. The Morgan fingerprint density at radius 3 is 2.20 bits per heavy atom. The van der Waals surface area contributed by atoms with Crippen molar-refractivity contribution in [2.75, 3.05) is 14.2 Å². The first-order valence-electron chi connectivity index (χ1n) is 8.41. The zero-order chi connectivity index (χ0) is 18.8. The van der Waals surface area contributed by atoms with E-state index in [-0.39, 0.29) is 17.8 Å². The molecule has 2 aliphatic carbocycles. The van der Waals surface area contributed by atoms with E-state index in [0.717, 1.165) is 0 Å². The van der Waals surface area contributed by atoms with Crippen LogP contribution in [0.2, 0.25) is 0 Å². The van der Waals surface area contributed by atoms with E-state index in [2.05, 4.69) is 0 Å². The lowest BCUT2D eigenvalue weighted by molar-refractivity contribution is -0.169. The summed E-state index contributed by atoms with van der Waals surface area (Å²) in [7, 11) is 2.56. The molecule has 0 aromatic carbocycles. The zero-order valence-electron chi connectivity index (χ0n) is 15.5. The Hall–Kier alpha value is -2.11. The van der Waals surface area contributed by atoms with Gasteiger partial charge in [0, 0.05) is 0 Å². The van der Waals surface area contributed by atoms with Crippen LogP contribution in [0.1, 0.15) is 40.0 Å². The third-order valence-electron chi connectivity index (χ3n) is 4.90. The van der Waals surface area contributed by atoms with Crippen LogP contribution < -0.4 is 0 Å². The Morgan fingerprint density at radius 1 is 1.08 bits per heavy atom. The normalized spacial score (nSPS) is 24.6. The third-order valence-corrected chi connectivity index (χ3v) is 4.90. The van der Waals surface area contributed by atoms with E-state index < -0.39 is 22.8 Å². The predicted molar refractivity (Wildman–Crippen MR) is 90.1 cm³/mol. The van der Waals surface area contributed by atoms with Crippen LogP contribution in [0.3, 0.4) is 0 Å². The minimum atomic E-state index is -1.25. The maximum Gasteiger partial charge on any atom is 0.323 e. The van der Waals surface area contributed by atoms with Crippen LogP contribution in [0.15, 0.2) is 24.0 Å². The summed E-state index contributed by atoms with van der Waals surface area (Å²) >= 11 is 0. The molecule has 6 heteroatoms. The number of allylic oxidation sites excluding steroid dienone is 3. The van der Waals surface area contributed by atoms with Crippen molar-refractivity contribution in [3.63, 3.8) is 0 Å². The van der Waals surface area contributed by atoms with Crippen LogP contribution in [0, 0.1) is 22.7 Å². The summed E-state index contributed by atoms with van der Waals surface area (Å²) in [5.74, 6) is -0.793. The molecule has 0 heterocycles. The molecule has 6 nitrogen and oxygen atoms in total. The summed E-state index contributed by atoms with van der Waals surface area (Å²) in [5, 5.41) is 0. The van der Waals surface area contributed by atoms with Crippen LogP contribution in [0.4, 0.5) is 0 Å². The molecule has 0 N–H and O–H groups in total. The van der Waals surface area contributed by atoms with E-state index in [0.29, 0.717) is 25.0 Å². The summed E-state index contributed by atoms with van der Waals surface area (Å²) in [6.45, 7) is 5.39. The molecule has 0 aromatic rings. The van der Waals surface area contributed by atoms with Gasteiger partial charge in [-0.1, -0.05) is 6.08 Å². The number of carbonyl (C=O) groups is 3. The summed E-state index contributed by atoms with van der Waals surface area (Å²) < 4.78 is 15.2. The summed E-state index contributed by atoms with van der Waals surface area (Å²) in [4.78, 5) is 36.5. The number of methoxy groups -OCH3 is 2. The van der Waals surface area contributed by atoms with E-state index >= 15 is 0 Å². The first-order valence-corrected chi connectivity index (χ1v) is 8.41. The van der Waals surface area contributed by atoms with Gasteiger partial charge in [0.15, 0.2) is 5.41 Å². The lowest BCUT2D eigenvalue weighted by Crippen LogP contribution is -2.39. The Morgan fingerprint density at radius 2 is 1.68 bits per heavy atom. The lowest BCUT2D eigenvalue weighted by Gasteiger charge is -2.23. The molecule has 0 spiro atoms. The molecule has 0 aromatic heterocycles. The van der Waals surface area contributed by atoms with Gasteiger partial charge in [0.05, 0.1) is 19.6 Å². The average Bonchev–Trinajstić information content (AvgIpc) is 2.85. The van der Waals surface area contributed by atoms with Crippen molar-refractivity contribution in [3.8, 4) is 0 Å². The quantitative estimate of drug-likeness (QED) is 0.442. The molecule has 0 amide bonds. The van der Waals surface area contributed by atoms with Crippen molar-refractivity contribution >= 4 is 17.9 Å². The van der Waals surface area contributed by atoms with Crippen LogP contribution in [-0.4, -0.2) is 32.1 Å². The van der Waals surface area contributed by atoms with E-state index in [1.165, 1.54) is 14.2 Å². The highest BCUT2D eigenvalue weighted by molar-refractivity contribution is 6.00. The molecule has 25 heavy (non-hydrogen) atoms. The lowest BCUT2D eigenvalue weighted by atomic mass is 9.84. The highest BCUT2D eigenvalue weighted by Gasteiger charge is 2.56. The van der Waals surface area contributed by atoms with Gasteiger partial charge in [-0.2, -0.15) is 0 Å². The molecule has 0 saturated heterocycles. The molecular formula is C19H26O6. The van der Waals surface area contributed by atoms with Gasteiger partial charge in [-0.15, -0.1) is 0 Å². The zero-order valence-corrected chi connectivity index (χ0v) is 15.5. The van der Waals surface area contributed by atoms with Gasteiger partial charge >= 0.3 is 17.9 Å². The van der Waals surface area contributed by atoms with Crippen LogP contribution in [0.5, 0.6) is 0 Å². The summed E-state index contributed by atoms with van der Waals surface area (Å²) in [5.41, 5.74) is -1.83. The van der Waals surface area contributed by atoms with Gasteiger partial charge in [-0.3, -0.25) is 14.4 Å². The van der Waals surface area contributed by atoms with E-state index in [1.54, 1.807) is 26.8 Å². The summed E-state index contributed by atoms with van der Waals surface area (Å²) in [6, 6.07) is 0. The van der Waals surface area contributed by atoms with Crippen LogP contribution in [-0.2, 0) is 28.6 Å². The topological polar surface area (TPSA) is 78.9 Å². The Bertz CT molecular complexity index is 606. The standard InChI is InChI=1S/C19H26O6/c1-18(2,3)15(20)25-14-8-6-12-10-19(16(21)23-4,17(22)24-5)11-13(12)7-9-14/h6,8-9,12-13H,7,10-11H2,1-5H3/t12-,13+/m0/s1. The maximum atomic E-state index is 12.3. The van der Waals surface area contributed by atoms with Gasteiger partial charge < -0.3 is 14.2 Å². The number of rotatable bonds is 3. The molecular weight excluding hydrogens is 324 g/mol. The average molecular weight is 350 g/mol. The van der Waals surface area contributed by atoms with Crippen molar-refractivity contribution in [2.24, 2.45) is 22.7 Å². The fourth-order valence-corrected chi connectivity index (χ4v) is 3.43.